The number of amides is 2. The molecule has 0 unspecified atom stereocenters. The molecule has 0 bridgehead atoms. The van der Waals surface area contributed by atoms with E-state index in [0.717, 1.165) is 28.1 Å². The van der Waals surface area contributed by atoms with Crippen LogP contribution >= 0.6 is 23.4 Å². The maximum absolute atomic E-state index is 12.9. The van der Waals surface area contributed by atoms with Gasteiger partial charge in [-0.15, -0.1) is 0 Å². The molecule has 3 aromatic carbocycles. The van der Waals surface area contributed by atoms with Gasteiger partial charge in [0.15, 0.2) is 0 Å². The Morgan fingerprint density at radius 1 is 1.00 bits per heavy atom. The van der Waals surface area contributed by atoms with Crippen LogP contribution in [0.15, 0.2) is 82.1 Å². The van der Waals surface area contributed by atoms with Crippen LogP contribution in [0.25, 0.3) is 28.2 Å². The summed E-state index contributed by atoms with van der Waals surface area (Å²) in [6.45, 7) is 0.175. The Balaban J connectivity index is 1.36. The number of thioether (sulfide) groups is 1. The molecule has 1 aliphatic rings. The Morgan fingerprint density at radius 3 is 2.56 bits per heavy atom. The van der Waals surface area contributed by atoms with Crippen LogP contribution in [0.1, 0.15) is 11.3 Å². The molecular weight excluding hydrogens is 476 g/mol. The summed E-state index contributed by atoms with van der Waals surface area (Å²) in [6.07, 6.45) is 1.51. The predicted octanol–water partition coefficient (Wildman–Crippen LogP) is 6.90. The number of hydrogen-bond donors (Lipinski definition) is 0. The van der Waals surface area contributed by atoms with Gasteiger partial charge in [0, 0.05) is 23.8 Å². The van der Waals surface area contributed by atoms with Crippen molar-refractivity contribution in [1.82, 2.24) is 4.90 Å². The average Bonchev–Trinajstić information content (AvgIpc) is 3.39. The molecule has 0 spiro atoms. The van der Waals surface area contributed by atoms with Crippen molar-refractivity contribution in [2.24, 2.45) is 0 Å². The van der Waals surface area contributed by atoms with E-state index in [1.165, 1.54) is 29.2 Å². The number of fused-ring (bicyclic) bond motifs is 1. The van der Waals surface area contributed by atoms with Gasteiger partial charge in [-0.1, -0.05) is 48.0 Å². The van der Waals surface area contributed by atoms with Crippen LogP contribution in [0.2, 0.25) is 5.02 Å². The van der Waals surface area contributed by atoms with Crippen molar-refractivity contribution in [3.05, 3.63) is 104 Å². The highest BCUT2D eigenvalue weighted by Gasteiger charge is 2.35. The monoisotopic (exact) mass is 490 g/mol. The molecule has 1 aliphatic heterocycles. The standard InChI is InChI=1S/C25H15ClN2O5S/c26-21-12-18(28(31)32)7-9-20(21)22-10-8-19(33-22)13-23-24(29)27(25(30)34-23)14-15-5-6-16-3-1-2-4-17(16)11-15/h1-13H,14H2/b23-13-. The summed E-state index contributed by atoms with van der Waals surface area (Å²) in [5.74, 6) is 0.358. The zero-order valence-electron chi connectivity index (χ0n) is 17.4. The fourth-order valence-electron chi connectivity index (χ4n) is 3.68. The highest BCUT2D eigenvalue weighted by atomic mass is 35.5. The minimum absolute atomic E-state index is 0.124. The molecule has 168 valence electrons. The molecule has 5 rings (SSSR count). The number of halogens is 1. The van der Waals surface area contributed by atoms with E-state index < -0.39 is 10.8 Å². The van der Waals surface area contributed by atoms with Gasteiger partial charge in [0.05, 0.1) is 21.4 Å². The van der Waals surface area contributed by atoms with Crippen LogP contribution in [-0.4, -0.2) is 21.0 Å². The lowest BCUT2D eigenvalue weighted by Gasteiger charge is -2.13. The minimum atomic E-state index is -0.531. The van der Waals surface area contributed by atoms with Gasteiger partial charge < -0.3 is 4.42 Å². The Bertz CT molecular complexity index is 1510. The van der Waals surface area contributed by atoms with Crippen LogP contribution < -0.4 is 0 Å². The molecule has 0 atom stereocenters. The second-order valence-corrected chi connectivity index (χ2v) is 8.97. The smallest absolute Gasteiger partial charge is 0.293 e. The number of benzene rings is 3. The number of imide groups is 1. The second-order valence-electron chi connectivity index (χ2n) is 7.57. The van der Waals surface area contributed by atoms with Gasteiger partial charge in [0.1, 0.15) is 11.5 Å². The quantitative estimate of drug-likeness (QED) is 0.171. The topological polar surface area (TPSA) is 93.7 Å². The van der Waals surface area contributed by atoms with Gasteiger partial charge in [0.25, 0.3) is 16.8 Å². The van der Waals surface area contributed by atoms with Crippen molar-refractivity contribution >= 4 is 57.0 Å². The number of furan rings is 1. The zero-order valence-corrected chi connectivity index (χ0v) is 19.0. The Hall–Kier alpha value is -3.88. The van der Waals surface area contributed by atoms with Gasteiger partial charge in [-0.3, -0.25) is 24.6 Å². The third-order valence-electron chi connectivity index (χ3n) is 5.36. The third kappa shape index (κ3) is 4.21. The highest BCUT2D eigenvalue weighted by molar-refractivity contribution is 8.18. The molecule has 0 saturated carbocycles. The Morgan fingerprint density at radius 2 is 1.79 bits per heavy atom. The maximum atomic E-state index is 12.9. The number of nitro benzene ring substituents is 1. The van der Waals surface area contributed by atoms with E-state index in [0.29, 0.717) is 17.1 Å². The van der Waals surface area contributed by atoms with Crippen molar-refractivity contribution in [2.45, 2.75) is 6.54 Å². The molecule has 0 radical (unpaired) electrons. The number of hydrogen-bond acceptors (Lipinski definition) is 6. The lowest BCUT2D eigenvalue weighted by molar-refractivity contribution is -0.384. The van der Waals surface area contributed by atoms with Gasteiger partial charge >= 0.3 is 0 Å². The molecule has 2 amide bonds. The van der Waals surface area contributed by atoms with E-state index in [1.54, 1.807) is 12.1 Å². The minimum Gasteiger partial charge on any atom is -0.457 e. The van der Waals surface area contributed by atoms with Crippen LogP contribution in [0.5, 0.6) is 0 Å². The average molecular weight is 491 g/mol. The van der Waals surface area contributed by atoms with Crippen molar-refractivity contribution < 1.29 is 18.9 Å². The fraction of sp³-hybridized carbons (Fsp3) is 0.0400. The van der Waals surface area contributed by atoms with Crippen LogP contribution in [0, 0.1) is 10.1 Å². The normalized spacial score (nSPS) is 15.0. The molecule has 1 aromatic heterocycles. The van der Waals surface area contributed by atoms with Gasteiger partial charge in [-0.2, -0.15) is 0 Å². The number of carbonyl (C=O) groups excluding carboxylic acids is 2. The summed E-state index contributed by atoms with van der Waals surface area (Å²) in [4.78, 5) is 37.3. The molecule has 2 heterocycles. The zero-order chi connectivity index (χ0) is 23.8. The lowest BCUT2D eigenvalue weighted by atomic mass is 10.1. The summed E-state index contributed by atoms with van der Waals surface area (Å²) in [5.41, 5.74) is 1.22. The molecule has 9 heteroatoms. The summed E-state index contributed by atoms with van der Waals surface area (Å²) in [7, 11) is 0. The van der Waals surface area contributed by atoms with Crippen LogP contribution in [0.3, 0.4) is 0 Å². The number of nitro groups is 1. The molecule has 4 aromatic rings. The van der Waals surface area contributed by atoms with Crippen molar-refractivity contribution in [3.63, 3.8) is 0 Å². The number of non-ortho nitro benzene ring substituents is 1. The molecule has 1 saturated heterocycles. The number of nitrogens with zero attached hydrogens (tertiary/aromatic N) is 2. The van der Waals surface area contributed by atoms with Crippen molar-refractivity contribution in [3.8, 4) is 11.3 Å². The molecule has 7 nitrogen and oxygen atoms in total. The molecule has 34 heavy (non-hydrogen) atoms. The van der Waals surface area contributed by atoms with Gasteiger partial charge in [-0.05, 0) is 52.4 Å². The second kappa shape index (κ2) is 8.81. The molecular formula is C25H15ClN2O5S. The Labute approximate surface area is 202 Å². The van der Waals surface area contributed by atoms with E-state index in [2.05, 4.69) is 0 Å². The first-order valence-corrected chi connectivity index (χ1v) is 11.4. The predicted molar refractivity (Wildman–Crippen MR) is 131 cm³/mol. The molecule has 0 N–H and O–H groups in total. The fourth-order valence-corrected chi connectivity index (χ4v) is 4.76. The first-order valence-electron chi connectivity index (χ1n) is 10.2. The summed E-state index contributed by atoms with van der Waals surface area (Å²) in [5, 5.41) is 12.8. The molecule has 0 aliphatic carbocycles. The van der Waals surface area contributed by atoms with Crippen LogP contribution in [0.4, 0.5) is 10.5 Å². The Kier molecular flexibility index (Phi) is 5.69. The third-order valence-corrected chi connectivity index (χ3v) is 6.58. The lowest BCUT2D eigenvalue weighted by Crippen LogP contribution is -2.27. The SMILES string of the molecule is O=C1S/C(=C\c2ccc(-c3ccc([N+](=O)[O-])cc3Cl)o2)C(=O)N1Cc1ccc2ccccc2c1. The van der Waals surface area contributed by atoms with E-state index in [1.807, 2.05) is 42.5 Å². The first-order chi connectivity index (χ1) is 16.4. The van der Waals surface area contributed by atoms with E-state index in [4.69, 9.17) is 16.0 Å². The van der Waals surface area contributed by atoms with Gasteiger partial charge in [0.2, 0.25) is 0 Å². The van der Waals surface area contributed by atoms with Crippen molar-refractivity contribution in [1.29, 1.82) is 0 Å². The largest absolute Gasteiger partial charge is 0.457 e. The van der Waals surface area contributed by atoms with Crippen molar-refractivity contribution in [2.75, 3.05) is 0 Å². The summed E-state index contributed by atoms with van der Waals surface area (Å²) in [6, 6.07) is 21.1. The van der Waals surface area contributed by atoms with E-state index in [-0.39, 0.29) is 27.4 Å². The maximum Gasteiger partial charge on any atom is 0.293 e. The van der Waals surface area contributed by atoms with E-state index in [9.17, 15) is 19.7 Å². The number of carbonyl (C=O) groups is 2. The molecule has 1 fully saturated rings. The summed E-state index contributed by atoms with van der Waals surface area (Å²) < 4.78 is 5.77. The van der Waals surface area contributed by atoms with E-state index >= 15 is 0 Å². The highest BCUT2D eigenvalue weighted by Crippen LogP contribution is 2.36. The van der Waals surface area contributed by atoms with Crippen LogP contribution in [-0.2, 0) is 11.3 Å². The summed E-state index contributed by atoms with van der Waals surface area (Å²) >= 11 is 7.02. The number of rotatable bonds is 5. The first kappa shape index (κ1) is 21.9. The van der Waals surface area contributed by atoms with Gasteiger partial charge in [-0.25, -0.2) is 0 Å².